The Bertz CT molecular complexity index is 2770. The molecule has 1 aliphatic rings. The molecule has 10 rings (SSSR count). The van der Waals surface area contributed by atoms with Crippen molar-refractivity contribution in [3.63, 3.8) is 0 Å². The van der Waals surface area contributed by atoms with E-state index < -0.39 is 0 Å². The predicted octanol–water partition coefficient (Wildman–Crippen LogP) is 13.4. The second-order valence-corrected chi connectivity index (χ2v) is 14.2. The minimum atomic E-state index is -0.169. The van der Waals surface area contributed by atoms with E-state index in [9.17, 15) is 0 Å². The zero-order chi connectivity index (χ0) is 34.1. The molecular weight excluding hydrogens is 617 g/mol. The molecule has 0 spiro atoms. The van der Waals surface area contributed by atoms with Gasteiger partial charge in [0.15, 0.2) is 0 Å². The van der Waals surface area contributed by atoms with Crippen LogP contribution in [0.1, 0.15) is 25.0 Å². The number of rotatable bonds is 5. The Morgan fingerprint density at radius 2 is 1.08 bits per heavy atom. The molecule has 0 bridgehead atoms. The zero-order valence-electron chi connectivity index (χ0n) is 28.7. The molecule has 1 aromatic heterocycles. The number of benzene rings is 8. The summed E-state index contributed by atoms with van der Waals surface area (Å²) >= 11 is 0. The van der Waals surface area contributed by atoms with Crippen LogP contribution in [0.3, 0.4) is 0 Å². The van der Waals surface area contributed by atoms with E-state index in [0.29, 0.717) is 0 Å². The molecule has 51 heavy (non-hydrogen) atoms. The van der Waals surface area contributed by atoms with Crippen LogP contribution in [0.4, 0.5) is 17.1 Å². The van der Waals surface area contributed by atoms with Gasteiger partial charge in [-0.1, -0.05) is 147 Å². The smallest absolute Gasteiger partial charge is 0.0782 e. The highest BCUT2D eigenvalue weighted by molar-refractivity contribution is 6.15. The molecule has 8 aromatic carbocycles. The summed E-state index contributed by atoms with van der Waals surface area (Å²) in [6.45, 7) is 4.75. The van der Waals surface area contributed by atoms with Crippen LogP contribution < -0.4 is 4.90 Å². The number of fused-ring (bicyclic) bond motifs is 7. The summed E-state index contributed by atoms with van der Waals surface area (Å²) in [5, 5.41) is 4.94. The van der Waals surface area contributed by atoms with E-state index in [4.69, 9.17) is 0 Å². The molecular formula is C49H36N2. The van der Waals surface area contributed by atoms with Crippen LogP contribution in [0.15, 0.2) is 182 Å². The second kappa shape index (κ2) is 11.3. The van der Waals surface area contributed by atoms with Gasteiger partial charge in [0.05, 0.1) is 22.4 Å². The number of hydrogen-bond acceptors (Lipinski definition) is 1. The lowest BCUT2D eigenvalue weighted by Gasteiger charge is -2.29. The van der Waals surface area contributed by atoms with Crippen LogP contribution in [-0.2, 0) is 5.41 Å². The molecule has 0 radical (unpaired) electrons. The van der Waals surface area contributed by atoms with Crippen LogP contribution >= 0.6 is 0 Å². The summed E-state index contributed by atoms with van der Waals surface area (Å²) in [4.78, 5) is 2.46. The molecule has 0 unspecified atom stereocenters. The maximum Gasteiger partial charge on any atom is 0.0782 e. The monoisotopic (exact) mass is 652 g/mol. The summed E-state index contributed by atoms with van der Waals surface area (Å²) in [5.41, 5.74) is 14.7. The largest absolute Gasteiger partial charge is 0.308 e. The lowest BCUT2D eigenvalue weighted by molar-refractivity contribution is 0.660. The highest BCUT2D eigenvalue weighted by Gasteiger charge is 2.36. The normalized spacial score (nSPS) is 13.1. The van der Waals surface area contributed by atoms with Crippen molar-refractivity contribution in [1.29, 1.82) is 0 Å². The Labute approximate surface area is 298 Å². The topological polar surface area (TPSA) is 8.17 Å². The number of para-hydroxylation sites is 3. The highest BCUT2D eigenvalue weighted by atomic mass is 15.2. The first kappa shape index (κ1) is 29.5. The third kappa shape index (κ3) is 4.50. The third-order valence-corrected chi connectivity index (χ3v) is 11.0. The minimum Gasteiger partial charge on any atom is -0.308 e. The Balaban J connectivity index is 1.22. The molecule has 9 aromatic rings. The van der Waals surface area contributed by atoms with Crippen LogP contribution in [0.5, 0.6) is 0 Å². The van der Waals surface area contributed by atoms with Crippen LogP contribution in [0.2, 0.25) is 0 Å². The summed E-state index contributed by atoms with van der Waals surface area (Å²) in [6, 6.07) is 66.6. The SMILES string of the molecule is CC1(C)c2cc(-c3ccccc3)ccc2-c2ccc(N(c3ccccc3)c3cccc4c5ccccc5n(-c5cccc6ccccc56)c34)cc21. The maximum absolute atomic E-state index is 2.48. The van der Waals surface area contributed by atoms with Gasteiger partial charge in [-0.2, -0.15) is 0 Å². The van der Waals surface area contributed by atoms with Gasteiger partial charge in [0.1, 0.15) is 0 Å². The van der Waals surface area contributed by atoms with E-state index >= 15 is 0 Å². The van der Waals surface area contributed by atoms with Crippen molar-refractivity contribution in [2.24, 2.45) is 0 Å². The molecule has 1 aliphatic carbocycles. The average Bonchev–Trinajstić information content (AvgIpc) is 3.64. The van der Waals surface area contributed by atoms with Gasteiger partial charge in [0.25, 0.3) is 0 Å². The van der Waals surface area contributed by atoms with Crippen LogP contribution in [0, 0.1) is 0 Å². The summed E-state index contributed by atoms with van der Waals surface area (Å²) < 4.78 is 2.48. The molecule has 2 nitrogen and oxygen atoms in total. The first-order chi connectivity index (χ1) is 25.1. The van der Waals surface area contributed by atoms with Gasteiger partial charge in [0, 0.05) is 32.9 Å². The van der Waals surface area contributed by atoms with E-state index in [1.54, 1.807) is 0 Å². The first-order valence-electron chi connectivity index (χ1n) is 17.8. The first-order valence-corrected chi connectivity index (χ1v) is 17.8. The van der Waals surface area contributed by atoms with Crippen molar-refractivity contribution < 1.29 is 0 Å². The number of anilines is 3. The number of hydrogen-bond donors (Lipinski definition) is 0. The van der Waals surface area contributed by atoms with Gasteiger partial charge < -0.3 is 9.47 Å². The van der Waals surface area contributed by atoms with Crippen molar-refractivity contribution in [3.05, 3.63) is 193 Å². The number of aromatic nitrogens is 1. The molecule has 0 atom stereocenters. The van der Waals surface area contributed by atoms with Crippen molar-refractivity contribution in [2.45, 2.75) is 19.3 Å². The van der Waals surface area contributed by atoms with Crippen molar-refractivity contribution in [1.82, 2.24) is 4.57 Å². The van der Waals surface area contributed by atoms with Crippen molar-refractivity contribution in [2.75, 3.05) is 4.90 Å². The molecule has 0 fully saturated rings. The fraction of sp³-hybridized carbons (Fsp3) is 0.0612. The summed E-state index contributed by atoms with van der Waals surface area (Å²) in [7, 11) is 0. The quantitative estimate of drug-likeness (QED) is 0.180. The standard InChI is InChI=1S/C49H36N2/c1-49(2)43-31-35(33-15-5-3-6-16-33)27-29-39(43)40-30-28-37(32-44(40)49)50(36-19-7-4-8-20-36)47-26-14-23-42-41-22-11-12-24-46(41)51(48(42)47)45-25-13-18-34-17-9-10-21-38(34)45/h3-32H,1-2H3. The molecule has 2 heteroatoms. The molecule has 0 amide bonds. The molecule has 0 N–H and O–H groups in total. The predicted molar refractivity (Wildman–Crippen MR) is 216 cm³/mol. The van der Waals surface area contributed by atoms with E-state index in [0.717, 1.165) is 17.1 Å². The second-order valence-electron chi connectivity index (χ2n) is 14.2. The Morgan fingerprint density at radius 3 is 1.90 bits per heavy atom. The zero-order valence-corrected chi connectivity index (χ0v) is 28.7. The highest BCUT2D eigenvalue weighted by Crippen LogP contribution is 2.52. The summed E-state index contributed by atoms with van der Waals surface area (Å²) in [5.74, 6) is 0. The maximum atomic E-state index is 2.48. The Morgan fingerprint density at radius 1 is 0.451 bits per heavy atom. The Kier molecular flexibility index (Phi) is 6.56. The van der Waals surface area contributed by atoms with Gasteiger partial charge in [0.2, 0.25) is 0 Å². The fourth-order valence-electron chi connectivity index (χ4n) is 8.51. The lowest BCUT2D eigenvalue weighted by Crippen LogP contribution is -2.17. The van der Waals surface area contributed by atoms with E-state index in [1.807, 2.05) is 0 Å². The Hall–Kier alpha value is -6.38. The van der Waals surface area contributed by atoms with Crippen molar-refractivity contribution in [3.8, 4) is 27.9 Å². The van der Waals surface area contributed by atoms with Crippen LogP contribution in [-0.4, -0.2) is 4.57 Å². The molecule has 242 valence electrons. The lowest BCUT2D eigenvalue weighted by atomic mass is 9.81. The third-order valence-electron chi connectivity index (χ3n) is 11.0. The van der Waals surface area contributed by atoms with E-state index in [2.05, 4.69) is 205 Å². The van der Waals surface area contributed by atoms with E-state index in [-0.39, 0.29) is 5.41 Å². The molecule has 0 aliphatic heterocycles. The van der Waals surface area contributed by atoms with Gasteiger partial charge in [-0.05, 0) is 87.3 Å². The molecule has 1 heterocycles. The van der Waals surface area contributed by atoms with Crippen LogP contribution in [0.25, 0.3) is 60.5 Å². The molecule has 0 saturated heterocycles. The van der Waals surface area contributed by atoms with Crippen molar-refractivity contribution >= 4 is 49.6 Å². The summed E-state index contributed by atoms with van der Waals surface area (Å²) in [6.07, 6.45) is 0. The fourth-order valence-corrected chi connectivity index (χ4v) is 8.51. The van der Waals surface area contributed by atoms with Gasteiger partial charge in [-0.25, -0.2) is 0 Å². The van der Waals surface area contributed by atoms with Gasteiger partial charge in [-0.15, -0.1) is 0 Å². The van der Waals surface area contributed by atoms with Gasteiger partial charge in [-0.3, -0.25) is 0 Å². The molecule has 0 saturated carbocycles. The number of nitrogens with zero attached hydrogens (tertiary/aromatic N) is 2. The van der Waals surface area contributed by atoms with Gasteiger partial charge >= 0.3 is 0 Å². The van der Waals surface area contributed by atoms with E-state index in [1.165, 1.54) is 71.6 Å². The average molecular weight is 653 g/mol. The minimum absolute atomic E-state index is 0.169.